The van der Waals surface area contributed by atoms with Gasteiger partial charge in [0.25, 0.3) is 0 Å². The SMILES string of the molecule is CC1(C)Oc2cc3oc(=O)ccc3cc2C[C@@H]1O.CC1(C)Oc2cc3oc(=O)ccc3cc2C[C@@H]1OC(=O)/C=C/c1ccco1.O=C(O)/C=C/c1ccco1. The van der Waals surface area contributed by atoms with E-state index in [1.807, 2.05) is 39.8 Å². The predicted octanol–water partition coefficient (Wildman–Crippen LogP) is 6.97. The maximum Gasteiger partial charge on any atom is 0.336 e. The van der Waals surface area contributed by atoms with Gasteiger partial charge in [0, 0.05) is 60.0 Å². The number of aliphatic hydroxyl groups excluding tert-OH is 1. The van der Waals surface area contributed by atoms with E-state index in [2.05, 4.69) is 0 Å². The first kappa shape index (κ1) is 38.1. The highest BCUT2D eigenvalue weighted by atomic mass is 16.6. The third-order valence-electron chi connectivity index (χ3n) is 8.87. The lowest BCUT2D eigenvalue weighted by Crippen LogP contribution is -2.48. The van der Waals surface area contributed by atoms with E-state index < -0.39 is 41.0 Å². The molecule has 2 aromatic carbocycles. The average molecular weight is 751 g/mol. The van der Waals surface area contributed by atoms with Crippen molar-refractivity contribution < 1.29 is 51.7 Å². The van der Waals surface area contributed by atoms with Crippen LogP contribution in [0.4, 0.5) is 0 Å². The number of fused-ring (bicyclic) bond motifs is 4. The molecule has 0 radical (unpaired) electrons. The van der Waals surface area contributed by atoms with Crippen molar-refractivity contribution in [1.29, 1.82) is 0 Å². The third-order valence-corrected chi connectivity index (χ3v) is 8.87. The van der Waals surface area contributed by atoms with Crippen LogP contribution in [0.5, 0.6) is 11.5 Å². The van der Waals surface area contributed by atoms with Crippen molar-refractivity contribution in [1.82, 2.24) is 0 Å². The van der Waals surface area contributed by atoms with Crippen LogP contribution in [0.2, 0.25) is 0 Å². The molecule has 6 heterocycles. The molecule has 0 bridgehead atoms. The molecule has 2 N–H and O–H groups in total. The Labute approximate surface area is 313 Å². The number of carboxylic acids is 1. The number of hydrogen-bond donors (Lipinski definition) is 2. The molecule has 0 saturated carbocycles. The maximum atomic E-state index is 12.2. The van der Waals surface area contributed by atoms with Gasteiger partial charge in [0.15, 0.2) is 0 Å². The molecule has 0 amide bonds. The van der Waals surface area contributed by atoms with E-state index in [1.54, 1.807) is 54.6 Å². The van der Waals surface area contributed by atoms with Crippen molar-refractivity contribution >= 4 is 46.0 Å². The number of aliphatic carboxylic acids is 1. The van der Waals surface area contributed by atoms with Gasteiger partial charge >= 0.3 is 23.2 Å². The molecule has 0 aliphatic carbocycles. The summed E-state index contributed by atoms with van der Waals surface area (Å²) in [6, 6.07) is 20.3. The first-order chi connectivity index (χ1) is 26.1. The van der Waals surface area contributed by atoms with Gasteiger partial charge in [-0.05, 0) is 99.5 Å². The Bertz CT molecular complexity index is 2480. The lowest BCUT2D eigenvalue weighted by atomic mass is 9.90. The Kier molecular flexibility index (Phi) is 10.9. The van der Waals surface area contributed by atoms with Gasteiger partial charge in [0.2, 0.25) is 0 Å². The summed E-state index contributed by atoms with van der Waals surface area (Å²) in [7, 11) is 0. The first-order valence-electron chi connectivity index (χ1n) is 17.2. The minimum Gasteiger partial charge on any atom is -0.485 e. The van der Waals surface area contributed by atoms with Gasteiger partial charge in [-0.1, -0.05) is 0 Å². The van der Waals surface area contributed by atoms with Crippen LogP contribution in [0.3, 0.4) is 0 Å². The van der Waals surface area contributed by atoms with Crippen LogP contribution in [0.25, 0.3) is 34.1 Å². The molecule has 0 spiro atoms. The van der Waals surface area contributed by atoms with Crippen molar-refractivity contribution in [3.63, 3.8) is 0 Å². The lowest BCUT2D eigenvalue weighted by Gasteiger charge is -2.39. The van der Waals surface area contributed by atoms with Crippen molar-refractivity contribution in [2.45, 2.75) is 63.9 Å². The van der Waals surface area contributed by atoms with Crippen molar-refractivity contribution in [2.75, 3.05) is 0 Å². The van der Waals surface area contributed by atoms with Crippen molar-refractivity contribution in [3.05, 3.63) is 141 Å². The molecular formula is C42H38O13. The number of carboxylic acid groups (broad SMARTS) is 1. The van der Waals surface area contributed by atoms with Crippen molar-refractivity contribution in [3.8, 4) is 11.5 Å². The Balaban J connectivity index is 0.000000157. The molecule has 0 unspecified atom stereocenters. The molecule has 6 aromatic rings. The summed E-state index contributed by atoms with van der Waals surface area (Å²) in [5, 5.41) is 19.8. The van der Waals surface area contributed by atoms with Crippen LogP contribution < -0.4 is 20.7 Å². The van der Waals surface area contributed by atoms with E-state index >= 15 is 0 Å². The maximum absolute atomic E-state index is 12.2. The van der Waals surface area contributed by atoms with Gasteiger partial charge < -0.3 is 42.1 Å². The highest BCUT2D eigenvalue weighted by molar-refractivity contribution is 5.87. The van der Waals surface area contributed by atoms with Crippen LogP contribution in [0.1, 0.15) is 50.3 Å². The van der Waals surface area contributed by atoms with Crippen molar-refractivity contribution in [2.24, 2.45) is 0 Å². The van der Waals surface area contributed by atoms with Gasteiger partial charge in [0.05, 0.1) is 18.6 Å². The smallest absolute Gasteiger partial charge is 0.336 e. The minimum atomic E-state index is -0.976. The number of ether oxygens (including phenoxy) is 3. The summed E-state index contributed by atoms with van der Waals surface area (Å²) >= 11 is 0. The van der Waals surface area contributed by atoms with Gasteiger partial charge in [-0.2, -0.15) is 0 Å². The molecule has 13 heteroatoms. The summed E-state index contributed by atoms with van der Waals surface area (Å²) in [6.45, 7) is 7.39. The first-order valence-corrected chi connectivity index (χ1v) is 17.2. The normalized spacial score (nSPS) is 17.8. The molecule has 2 atom stereocenters. The lowest BCUT2D eigenvalue weighted by molar-refractivity contribution is -0.155. The third kappa shape index (κ3) is 9.50. The second-order valence-corrected chi connectivity index (χ2v) is 13.8. The topological polar surface area (TPSA) is 189 Å². The fraction of sp³-hybridized carbons (Fsp3) is 0.238. The summed E-state index contributed by atoms with van der Waals surface area (Å²) < 4.78 is 37.8. The van der Waals surface area contributed by atoms with Gasteiger partial charge in [0.1, 0.15) is 51.5 Å². The zero-order chi connectivity index (χ0) is 39.3. The molecule has 2 aliphatic heterocycles. The Morgan fingerprint density at radius 1 is 0.709 bits per heavy atom. The molecular weight excluding hydrogens is 712 g/mol. The number of carbonyl (C=O) groups excluding carboxylic acids is 1. The summed E-state index contributed by atoms with van der Waals surface area (Å²) in [4.78, 5) is 44.8. The minimum absolute atomic E-state index is 0.377. The molecule has 284 valence electrons. The van der Waals surface area contributed by atoms with Gasteiger partial charge in [-0.3, -0.25) is 0 Å². The highest BCUT2D eigenvalue weighted by Crippen LogP contribution is 2.38. The summed E-state index contributed by atoms with van der Waals surface area (Å²) in [5.74, 6) is 0.971. The zero-order valence-corrected chi connectivity index (χ0v) is 30.3. The number of hydrogen-bond acceptors (Lipinski definition) is 12. The van der Waals surface area contributed by atoms with E-state index in [9.17, 15) is 24.3 Å². The second kappa shape index (κ2) is 15.8. The van der Waals surface area contributed by atoms with E-state index in [0.29, 0.717) is 47.0 Å². The monoisotopic (exact) mass is 750 g/mol. The van der Waals surface area contributed by atoms with E-state index in [0.717, 1.165) is 28.0 Å². The summed E-state index contributed by atoms with van der Waals surface area (Å²) in [5.41, 5.74) is 0.652. The molecule has 55 heavy (non-hydrogen) atoms. The van der Waals surface area contributed by atoms with Crippen LogP contribution in [0, 0.1) is 0 Å². The summed E-state index contributed by atoms with van der Waals surface area (Å²) in [6.07, 6.45) is 8.36. The zero-order valence-electron chi connectivity index (χ0n) is 30.3. The molecule has 2 aliphatic rings. The molecule has 0 saturated heterocycles. The Morgan fingerprint density at radius 3 is 1.73 bits per heavy atom. The quantitative estimate of drug-likeness (QED) is 0.105. The standard InChI is InChI=1S/C21H18O6.C14H14O4.C7H6O3/c1-21(2)18(26-20(23)8-6-15-4-3-9-24-15)11-14-10-13-5-7-19(22)25-16(13)12-17(14)27-21;1-14(2)12(15)6-9-5-8-3-4-13(16)17-10(8)7-11(9)18-14;8-7(9)4-3-6-2-1-5-10-6/h3-10,12,18H,11H2,1-2H3;3-5,7,12,15H,6H2,1-2H3;1-5H,(H,8,9)/b8-6+;;4-3+/t18-;12-;/m00./s1. The second-order valence-electron chi connectivity index (χ2n) is 13.8. The number of rotatable bonds is 5. The fourth-order valence-corrected chi connectivity index (χ4v) is 5.84. The molecule has 4 aromatic heterocycles. The largest absolute Gasteiger partial charge is 0.485 e. The molecule has 13 nitrogen and oxygen atoms in total. The number of benzene rings is 2. The van der Waals surface area contributed by atoms with Crippen LogP contribution in [-0.2, 0) is 27.2 Å². The van der Waals surface area contributed by atoms with Crippen LogP contribution in [0.15, 0.2) is 125 Å². The van der Waals surface area contributed by atoms with Crippen LogP contribution >= 0.6 is 0 Å². The molecule has 0 fully saturated rings. The average Bonchev–Trinajstić information content (AvgIpc) is 3.85. The molecule has 8 rings (SSSR count). The van der Waals surface area contributed by atoms with E-state index in [1.165, 1.54) is 36.8 Å². The van der Waals surface area contributed by atoms with Gasteiger partial charge in [-0.25, -0.2) is 19.2 Å². The van der Waals surface area contributed by atoms with Gasteiger partial charge in [-0.15, -0.1) is 0 Å². The van der Waals surface area contributed by atoms with E-state index in [4.69, 9.17) is 37.0 Å². The number of aliphatic hydroxyl groups is 1. The van der Waals surface area contributed by atoms with E-state index in [-0.39, 0.29) is 5.63 Å². The highest BCUT2D eigenvalue weighted by Gasteiger charge is 2.40. The Morgan fingerprint density at radius 2 is 1.22 bits per heavy atom. The Hall–Kier alpha value is -6.60. The number of esters is 1. The fourth-order valence-electron chi connectivity index (χ4n) is 5.84. The predicted molar refractivity (Wildman–Crippen MR) is 201 cm³/mol. The number of furan rings is 2. The number of carbonyl (C=O) groups is 2. The van der Waals surface area contributed by atoms with Crippen LogP contribution in [-0.4, -0.2) is 45.6 Å².